The van der Waals surface area contributed by atoms with E-state index in [1.54, 1.807) is 0 Å². The first-order chi connectivity index (χ1) is 60.0. The lowest BCUT2D eigenvalue weighted by Gasteiger charge is -2.23. The number of fused-ring (bicyclic) bond motifs is 4. The molecule has 0 saturated heterocycles. The number of alkyl halides is 3. The van der Waals surface area contributed by atoms with Gasteiger partial charge in [0.05, 0.1) is 47.8 Å². The van der Waals surface area contributed by atoms with E-state index in [4.69, 9.17) is 0 Å². The fourth-order valence-corrected chi connectivity index (χ4v) is 16.4. The van der Waals surface area contributed by atoms with Gasteiger partial charge < -0.3 is 57.8 Å². The Kier molecular flexibility index (Phi) is 28.0. The van der Waals surface area contributed by atoms with E-state index in [2.05, 4.69) is 442 Å². The van der Waals surface area contributed by atoms with E-state index in [9.17, 15) is 13.2 Å². The molecule has 4 nitrogen and oxygen atoms in total. The number of hydrogen-bond donors (Lipinski definition) is 0. The summed E-state index contributed by atoms with van der Waals surface area (Å²) in [6.45, 7) is 0. The highest BCUT2D eigenvalue weighted by Gasteiger charge is 2.30. The molecule has 0 aliphatic carbocycles. The SMILES string of the molecule is CN(C)c1cccc(-c2ccc3c(-c4ccc(C(F)(F)F)cc4)cccc3c2)c1.CN(C)c1ccccc1-c1ccc2c(-c3ccc(-c4ccccc4)cc3)cccc2c1.C[N+](C)(C)c1ccc(-c2ccc3c(-c4ccc(-c5ccccc5)cc4)cccc3c2)cc1.C[N+](C)(C)c1cccc(-c2ccc3c(-c4ccc(-c5ccccc5)cc4)cccc3c2)c1.[I-].[I-]. The van der Waals surface area contributed by atoms with Crippen LogP contribution in [0.15, 0.2) is 431 Å². The van der Waals surface area contributed by atoms with Crippen LogP contribution in [0.4, 0.5) is 35.9 Å². The average molecular weight is 1870 g/mol. The van der Waals surface area contributed by atoms with Crippen LogP contribution in [-0.4, -0.2) is 70.5 Å². The Morgan fingerprint density at radius 2 is 0.460 bits per heavy atom. The van der Waals surface area contributed by atoms with Gasteiger partial charge in [0.1, 0.15) is 11.4 Å². The van der Waals surface area contributed by atoms with E-state index in [-0.39, 0.29) is 48.0 Å². The Morgan fingerprint density at radius 3 is 0.825 bits per heavy atom. The minimum atomic E-state index is -4.33. The third-order valence-corrected chi connectivity index (χ3v) is 23.3. The van der Waals surface area contributed by atoms with Crippen molar-refractivity contribution in [3.8, 4) is 122 Å². The van der Waals surface area contributed by atoms with E-state index in [1.807, 2.05) is 44.4 Å². The zero-order valence-corrected chi connectivity index (χ0v) is 77.0. The molecule has 126 heavy (non-hydrogen) atoms. The van der Waals surface area contributed by atoms with Gasteiger partial charge in [-0.15, -0.1) is 0 Å². The Bertz CT molecular complexity index is 6920. The summed E-state index contributed by atoms with van der Waals surface area (Å²) in [6.07, 6.45) is -4.33. The maximum atomic E-state index is 12.9. The minimum absolute atomic E-state index is 0. The summed E-state index contributed by atoms with van der Waals surface area (Å²) >= 11 is 0. The molecule has 624 valence electrons. The van der Waals surface area contributed by atoms with E-state index in [0.717, 1.165) is 59.8 Å². The van der Waals surface area contributed by atoms with Crippen LogP contribution in [0.3, 0.4) is 0 Å². The molecular formula is C117H101F3I2N4. The second-order valence-electron chi connectivity index (χ2n) is 33.8. The number of halogens is 5. The van der Waals surface area contributed by atoms with Gasteiger partial charge in [-0.2, -0.15) is 13.2 Å². The van der Waals surface area contributed by atoms with Gasteiger partial charge in [-0.3, -0.25) is 8.97 Å². The van der Waals surface area contributed by atoms with Crippen LogP contribution in [-0.2, 0) is 6.18 Å². The molecule has 9 heteroatoms. The number of benzene rings is 19. The number of anilines is 2. The predicted octanol–water partition coefficient (Wildman–Crippen LogP) is 25.2. The molecule has 0 spiro atoms. The van der Waals surface area contributed by atoms with Gasteiger partial charge in [-0.05, 0) is 245 Å². The molecule has 0 aliphatic heterocycles. The van der Waals surface area contributed by atoms with Gasteiger partial charge in [0.25, 0.3) is 0 Å². The lowest BCUT2D eigenvalue weighted by Crippen LogP contribution is -3.00. The molecule has 0 heterocycles. The molecule has 0 atom stereocenters. The molecule has 0 fully saturated rings. The van der Waals surface area contributed by atoms with Crippen molar-refractivity contribution in [1.29, 1.82) is 0 Å². The molecule has 0 N–H and O–H groups in total. The van der Waals surface area contributed by atoms with Gasteiger partial charge in [0, 0.05) is 51.2 Å². The molecule has 19 aromatic rings. The van der Waals surface area contributed by atoms with Crippen LogP contribution in [0.1, 0.15) is 5.56 Å². The Labute approximate surface area is 774 Å². The quantitative estimate of drug-likeness (QED) is 0.0746. The van der Waals surface area contributed by atoms with Crippen molar-refractivity contribution in [2.75, 3.05) is 80.3 Å². The molecule has 0 aliphatic rings. The highest BCUT2D eigenvalue weighted by atomic mass is 127. The Balaban J connectivity index is 0.000000136. The van der Waals surface area contributed by atoms with Crippen LogP contribution in [0.5, 0.6) is 0 Å². The first-order valence-corrected chi connectivity index (χ1v) is 42.2. The van der Waals surface area contributed by atoms with E-state index in [1.165, 1.54) is 162 Å². The summed E-state index contributed by atoms with van der Waals surface area (Å²) in [6, 6.07) is 151. The van der Waals surface area contributed by atoms with Crippen molar-refractivity contribution in [2.45, 2.75) is 6.18 Å². The monoisotopic (exact) mass is 1870 g/mol. The zero-order chi connectivity index (χ0) is 86.1. The summed E-state index contributed by atoms with van der Waals surface area (Å²) in [5.74, 6) is 0. The van der Waals surface area contributed by atoms with Gasteiger partial charge in [-0.1, -0.05) is 340 Å². The fourth-order valence-electron chi connectivity index (χ4n) is 16.4. The van der Waals surface area contributed by atoms with E-state index in [0.29, 0.717) is 0 Å². The van der Waals surface area contributed by atoms with Crippen LogP contribution >= 0.6 is 0 Å². The molecular weight excluding hydrogens is 1770 g/mol. The third-order valence-electron chi connectivity index (χ3n) is 23.3. The zero-order valence-electron chi connectivity index (χ0n) is 72.7. The van der Waals surface area contributed by atoms with Crippen molar-refractivity contribution in [3.63, 3.8) is 0 Å². The van der Waals surface area contributed by atoms with E-state index < -0.39 is 11.7 Å². The maximum Gasteiger partial charge on any atom is 0.416 e. The van der Waals surface area contributed by atoms with Crippen LogP contribution in [0.2, 0.25) is 0 Å². The number of quaternary nitrogens is 2. The normalized spacial score (nSPS) is 11.2. The van der Waals surface area contributed by atoms with Crippen LogP contribution < -0.4 is 66.7 Å². The number of rotatable bonds is 15. The summed E-state index contributed by atoms with van der Waals surface area (Å²) in [5, 5.41) is 9.70. The summed E-state index contributed by atoms with van der Waals surface area (Å²) in [5.41, 5.74) is 30.8. The average Bonchev–Trinajstić information content (AvgIpc) is 0.804. The van der Waals surface area contributed by atoms with Crippen molar-refractivity contribution in [2.24, 2.45) is 0 Å². The molecule has 0 radical (unpaired) electrons. The molecule has 19 rings (SSSR count). The molecule has 0 amide bonds. The Hall–Kier alpha value is -13.0. The van der Waals surface area contributed by atoms with Crippen LogP contribution in [0, 0.1) is 0 Å². The summed E-state index contributed by atoms with van der Waals surface area (Å²) in [7, 11) is 21.4. The largest absolute Gasteiger partial charge is 1.00 e. The number of hydrogen-bond acceptors (Lipinski definition) is 2. The first-order valence-electron chi connectivity index (χ1n) is 42.2. The van der Waals surface area contributed by atoms with Crippen molar-refractivity contribution >= 4 is 65.8 Å². The topological polar surface area (TPSA) is 6.48 Å². The summed E-state index contributed by atoms with van der Waals surface area (Å²) in [4.78, 5) is 4.23. The second kappa shape index (κ2) is 39.5. The second-order valence-corrected chi connectivity index (χ2v) is 33.8. The Morgan fingerprint density at radius 1 is 0.198 bits per heavy atom. The molecule has 0 bridgehead atoms. The van der Waals surface area contributed by atoms with Gasteiger partial charge in [-0.25, -0.2) is 0 Å². The van der Waals surface area contributed by atoms with Crippen molar-refractivity contribution < 1.29 is 61.1 Å². The van der Waals surface area contributed by atoms with E-state index >= 15 is 0 Å². The predicted molar refractivity (Wildman–Crippen MR) is 528 cm³/mol. The minimum Gasteiger partial charge on any atom is -1.00 e. The smallest absolute Gasteiger partial charge is 0.416 e. The van der Waals surface area contributed by atoms with Crippen molar-refractivity contribution in [3.05, 3.63) is 436 Å². The lowest BCUT2D eigenvalue weighted by molar-refractivity contribution is -0.137. The lowest BCUT2D eigenvalue weighted by atomic mass is 9.93. The summed E-state index contributed by atoms with van der Waals surface area (Å²) < 4.78 is 40.2. The first kappa shape index (κ1) is 89.3. The van der Waals surface area contributed by atoms with Crippen LogP contribution in [0.25, 0.3) is 165 Å². The number of para-hydroxylation sites is 1. The number of nitrogens with zero attached hydrogens (tertiary/aromatic N) is 4. The molecule has 0 unspecified atom stereocenters. The fraction of sp³-hybridized carbons (Fsp3) is 0.0940. The van der Waals surface area contributed by atoms with Gasteiger partial charge in [0.2, 0.25) is 0 Å². The van der Waals surface area contributed by atoms with Gasteiger partial charge in [0.15, 0.2) is 0 Å². The van der Waals surface area contributed by atoms with Crippen molar-refractivity contribution in [1.82, 2.24) is 8.97 Å². The molecule has 0 aromatic heterocycles. The third kappa shape index (κ3) is 20.8. The maximum absolute atomic E-state index is 12.9. The standard InChI is InChI=1S/2C31H28N.C30H25N.C25H20F3N.2HI/c1-32(2,3)29-13-7-11-26(22-29)27-19-20-31-28(21-27)12-8-14-30(31)25-17-15-24(16-18-25)23-9-5-4-6-10-23;1-32(2,3)29-19-16-25(17-20-29)27-18-21-31-28(22-27)10-7-11-30(31)26-14-12-24(13-15-26)23-8-5-4-6-9-23;1-31(2)30-14-7-6-12-29(30)26-19-20-28-25(21-26)11-8-13-27(28)24-17-15-23(16-18-24)22-9-4-3-5-10-22;1-29(2)22-7-3-5-18(16-22)19-11-14-24-20(15-19)6-4-8-23(24)17-9-12-21(13-10-17)25(26,27)28;;/h2*4-22H,1-3H3;3-21H,1-2H3;3-16H,1-2H3;2*1H/q2*+1;;;;/p-2. The highest BCUT2D eigenvalue weighted by molar-refractivity contribution is 6.03. The molecule has 19 aromatic carbocycles. The highest BCUT2D eigenvalue weighted by Crippen LogP contribution is 2.42. The van der Waals surface area contributed by atoms with Gasteiger partial charge >= 0.3 is 6.18 Å². The molecule has 0 saturated carbocycles.